The molecule has 0 bridgehead atoms. The van der Waals surface area contributed by atoms with Crippen LogP contribution in [0.15, 0.2) is 0 Å². The fraction of sp³-hybridized carbons (Fsp3) is 0.958. The SMILES string of the molecule is CCCCCCCCCN(CCCCCCCCC)C(=O)CCCCCBr. The Hall–Kier alpha value is -0.0500. The molecular formula is C24H48BrNO. The van der Waals surface area contributed by atoms with Gasteiger partial charge in [-0.05, 0) is 25.7 Å². The number of halogens is 1. The van der Waals surface area contributed by atoms with Gasteiger partial charge < -0.3 is 4.90 Å². The maximum atomic E-state index is 12.6. The van der Waals surface area contributed by atoms with Gasteiger partial charge in [-0.2, -0.15) is 0 Å². The summed E-state index contributed by atoms with van der Waals surface area (Å²) >= 11 is 3.48. The van der Waals surface area contributed by atoms with Gasteiger partial charge in [-0.15, -0.1) is 0 Å². The Kier molecular flexibility index (Phi) is 22.2. The minimum atomic E-state index is 0.404. The molecule has 27 heavy (non-hydrogen) atoms. The normalized spacial score (nSPS) is 11.1. The molecule has 0 spiro atoms. The molecule has 0 aliphatic carbocycles. The van der Waals surface area contributed by atoms with Crippen molar-refractivity contribution in [1.82, 2.24) is 4.90 Å². The van der Waals surface area contributed by atoms with Crippen LogP contribution in [-0.4, -0.2) is 29.2 Å². The van der Waals surface area contributed by atoms with Crippen LogP contribution in [-0.2, 0) is 4.79 Å². The van der Waals surface area contributed by atoms with Gasteiger partial charge in [-0.1, -0.05) is 113 Å². The molecule has 0 aliphatic heterocycles. The maximum absolute atomic E-state index is 12.6. The van der Waals surface area contributed by atoms with E-state index in [9.17, 15) is 4.79 Å². The zero-order valence-corrected chi connectivity index (χ0v) is 20.2. The Morgan fingerprint density at radius 2 is 1.00 bits per heavy atom. The maximum Gasteiger partial charge on any atom is 0.222 e. The highest BCUT2D eigenvalue weighted by Gasteiger charge is 2.12. The van der Waals surface area contributed by atoms with Crippen molar-refractivity contribution >= 4 is 21.8 Å². The van der Waals surface area contributed by atoms with Crippen LogP contribution in [0.3, 0.4) is 0 Å². The van der Waals surface area contributed by atoms with Crippen molar-refractivity contribution < 1.29 is 4.79 Å². The fourth-order valence-corrected chi connectivity index (χ4v) is 3.98. The third-order valence-electron chi connectivity index (χ3n) is 5.44. The fourth-order valence-electron chi connectivity index (χ4n) is 3.59. The summed E-state index contributed by atoms with van der Waals surface area (Å²) in [4.78, 5) is 14.8. The molecule has 0 rings (SSSR count). The lowest BCUT2D eigenvalue weighted by molar-refractivity contribution is -0.131. The van der Waals surface area contributed by atoms with E-state index in [1.54, 1.807) is 0 Å². The molecule has 0 fully saturated rings. The largest absolute Gasteiger partial charge is 0.343 e. The Balaban J connectivity index is 3.99. The smallest absolute Gasteiger partial charge is 0.222 e. The van der Waals surface area contributed by atoms with Crippen LogP contribution in [0.25, 0.3) is 0 Å². The predicted octanol–water partition coefficient (Wildman–Crippen LogP) is 8.27. The molecule has 0 aliphatic rings. The van der Waals surface area contributed by atoms with E-state index >= 15 is 0 Å². The zero-order chi connectivity index (χ0) is 20.0. The summed E-state index contributed by atoms with van der Waals surface area (Å²) in [6, 6.07) is 0. The van der Waals surface area contributed by atoms with E-state index in [1.165, 1.54) is 103 Å². The minimum absolute atomic E-state index is 0.404. The van der Waals surface area contributed by atoms with Crippen LogP contribution in [0.4, 0.5) is 0 Å². The van der Waals surface area contributed by atoms with E-state index in [0.29, 0.717) is 5.91 Å². The van der Waals surface area contributed by atoms with E-state index in [-0.39, 0.29) is 0 Å². The van der Waals surface area contributed by atoms with E-state index in [0.717, 1.165) is 31.3 Å². The third-order valence-corrected chi connectivity index (χ3v) is 6.00. The van der Waals surface area contributed by atoms with Crippen molar-refractivity contribution in [3.05, 3.63) is 0 Å². The molecule has 3 heteroatoms. The first kappa shape index (κ1) is 27.0. The van der Waals surface area contributed by atoms with E-state index in [2.05, 4.69) is 34.7 Å². The highest BCUT2D eigenvalue weighted by atomic mass is 79.9. The van der Waals surface area contributed by atoms with Crippen molar-refractivity contribution in [2.45, 2.75) is 129 Å². The molecule has 0 saturated carbocycles. The molecule has 1 amide bonds. The van der Waals surface area contributed by atoms with Gasteiger partial charge in [-0.3, -0.25) is 4.79 Å². The van der Waals surface area contributed by atoms with Gasteiger partial charge in [0.1, 0.15) is 0 Å². The molecule has 0 saturated heterocycles. The lowest BCUT2D eigenvalue weighted by Gasteiger charge is -2.23. The Labute approximate surface area is 179 Å². The first-order valence-electron chi connectivity index (χ1n) is 12.1. The molecule has 0 aromatic heterocycles. The van der Waals surface area contributed by atoms with Gasteiger partial charge in [0.15, 0.2) is 0 Å². The number of carbonyl (C=O) groups excluding carboxylic acids is 1. The summed E-state index contributed by atoms with van der Waals surface area (Å²) in [7, 11) is 0. The monoisotopic (exact) mass is 445 g/mol. The number of unbranched alkanes of at least 4 members (excludes halogenated alkanes) is 14. The Bertz CT molecular complexity index is 291. The highest BCUT2D eigenvalue weighted by Crippen LogP contribution is 2.12. The van der Waals surface area contributed by atoms with Crippen LogP contribution < -0.4 is 0 Å². The number of alkyl halides is 1. The van der Waals surface area contributed by atoms with E-state index < -0.39 is 0 Å². The standard InChI is InChI=1S/C24H48BrNO/c1-3-5-7-9-11-13-18-22-26(24(27)20-16-15-17-21-25)23-19-14-12-10-8-6-4-2/h3-23H2,1-2H3. The van der Waals surface area contributed by atoms with Gasteiger partial charge >= 0.3 is 0 Å². The lowest BCUT2D eigenvalue weighted by Crippen LogP contribution is -2.32. The predicted molar refractivity (Wildman–Crippen MR) is 125 cm³/mol. The third kappa shape index (κ3) is 19.1. The van der Waals surface area contributed by atoms with Crippen LogP contribution in [0.2, 0.25) is 0 Å². The van der Waals surface area contributed by atoms with Gasteiger partial charge in [-0.25, -0.2) is 0 Å². The molecule has 162 valence electrons. The Morgan fingerprint density at radius 3 is 1.44 bits per heavy atom. The van der Waals surface area contributed by atoms with Crippen molar-refractivity contribution in [2.24, 2.45) is 0 Å². The van der Waals surface area contributed by atoms with Crippen LogP contribution in [0, 0.1) is 0 Å². The average molecular weight is 447 g/mol. The summed E-state index contributed by atoms with van der Waals surface area (Å²) in [5, 5.41) is 1.06. The minimum Gasteiger partial charge on any atom is -0.343 e. The van der Waals surface area contributed by atoms with E-state index in [1.807, 2.05) is 0 Å². The van der Waals surface area contributed by atoms with Gasteiger partial charge in [0, 0.05) is 24.8 Å². The highest BCUT2D eigenvalue weighted by molar-refractivity contribution is 9.09. The average Bonchev–Trinajstić information content (AvgIpc) is 2.68. The summed E-state index contributed by atoms with van der Waals surface area (Å²) in [6.07, 6.45) is 22.6. The number of carbonyl (C=O) groups is 1. The van der Waals surface area contributed by atoms with Gasteiger partial charge in [0.2, 0.25) is 5.91 Å². The molecule has 0 unspecified atom stereocenters. The van der Waals surface area contributed by atoms with Crippen LogP contribution in [0.1, 0.15) is 129 Å². The first-order chi connectivity index (χ1) is 13.3. The van der Waals surface area contributed by atoms with Crippen molar-refractivity contribution in [3.63, 3.8) is 0 Å². The molecule has 0 heterocycles. The van der Waals surface area contributed by atoms with Crippen molar-refractivity contribution in [3.8, 4) is 0 Å². The molecule has 2 nitrogen and oxygen atoms in total. The summed E-state index contributed by atoms with van der Waals surface area (Å²) < 4.78 is 0. The zero-order valence-electron chi connectivity index (χ0n) is 18.6. The quantitative estimate of drug-likeness (QED) is 0.128. The molecule has 0 aromatic carbocycles. The summed E-state index contributed by atoms with van der Waals surface area (Å²) in [5.41, 5.74) is 0. The summed E-state index contributed by atoms with van der Waals surface area (Å²) in [5.74, 6) is 0.404. The van der Waals surface area contributed by atoms with E-state index in [4.69, 9.17) is 0 Å². The molecule has 0 atom stereocenters. The molecular weight excluding hydrogens is 398 g/mol. The number of nitrogens with zero attached hydrogens (tertiary/aromatic N) is 1. The first-order valence-corrected chi connectivity index (χ1v) is 13.2. The van der Waals surface area contributed by atoms with Gasteiger partial charge in [0.25, 0.3) is 0 Å². The van der Waals surface area contributed by atoms with Crippen LogP contribution in [0.5, 0.6) is 0 Å². The lowest BCUT2D eigenvalue weighted by atomic mass is 10.1. The van der Waals surface area contributed by atoms with Gasteiger partial charge in [0.05, 0.1) is 0 Å². The number of amides is 1. The number of hydrogen-bond acceptors (Lipinski definition) is 1. The second-order valence-electron chi connectivity index (χ2n) is 8.12. The topological polar surface area (TPSA) is 20.3 Å². The number of hydrogen-bond donors (Lipinski definition) is 0. The second-order valence-corrected chi connectivity index (χ2v) is 8.92. The van der Waals surface area contributed by atoms with Crippen molar-refractivity contribution in [1.29, 1.82) is 0 Å². The van der Waals surface area contributed by atoms with Crippen LogP contribution >= 0.6 is 15.9 Å². The Morgan fingerprint density at radius 1 is 0.593 bits per heavy atom. The molecule has 0 aromatic rings. The van der Waals surface area contributed by atoms with Crippen molar-refractivity contribution in [2.75, 3.05) is 18.4 Å². The molecule has 0 N–H and O–H groups in total. The number of rotatable bonds is 21. The molecule has 0 radical (unpaired) electrons. The second kappa shape index (κ2) is 22.2. The summed E-state index contributed by atoms with van der Waals surface area (Å²) in [6.45, 7) is 6.51.